The molecule has 0 atom stereocenters. The number of nitrogens with zero attached hydrogens (tertiary/aromatic N) is 2. The van der Waals surface area contributed by atoms with Crippen LogP contribution in [0.5, 0.6) is 0 Å². The second-order valence-electron chi connectivity index (χ2n) is 14.2. The van der Waals surface area contributed by atoms with Crippen molar-refractivity contribution in [3.05, 3.63) is 71.8 Å². The molecule has 4 aliphatic rings. The summed E-state index contributed by atoms with van der Waals surface area (Å²) in [6.07, 6.45) is 15.6. The number of carbonyl (C=O) groups is 3. The van der Waals surface area contributed by atoms with Gasteiger partial charge >= 0.3 is 18.0 Å². The monoisotopic (exact) mass is 660 g/mol. The minimum atomic E-state index is -0.884. The Balaban J connectivity index is 0.000000224. The van der Waals surface area contributed by atoms with Gasteiger partial charge in [0.15, 0.2) is 0 Å². The number of hydrogen-bond donors (Lipinski definition) is 2. The van der Waals surface area contributed by atoms with E-state index in [0.29, 0.717) is 25.5 Å². The molecule has 3 saturated carbocycles. The molecule has 0 aromatic heterocycles. The van der Waals surface area contributed by atoms with Gasteiger partial charge in [-0.05, 0) is 49.7 Å². The molecule has 0 radical (unpaired) electrons. The summed E-state index contributed by atoms with van der Waals surface area (Å²) in [6, 6.07) is 20.0. The molecule has 0 bridgehead atoms. The predicted molar refractivity (Wildman–Crippen MR) is 187 cm³/mol. The van der Waals surface area contributed by atoms with E-state index in [4.69, 9.17) is 15.2 Å². The molecule has 262 valence electrons. The lowest BCUT2D eigenvalue weighted by Crippen LogP contribution is -2.62. The van der Waals surface area contributed by atoms with Crippen LogP contribution >= 0.6 is 0 Å². The van der Waals surface area contributed by atoms with E-state index in [0.717, 1.165) is 82.3 Å². The summed E-state index contributed by atoms with van der Waals surface area (Å²) < 4.78 is 11.0. The van der Waals surface area contributed by atoms with Crippen LogP contribution in [0.3, 0.4) is 0 Å². The fourth-order valence-electron chi connectivity index (χ4n) is 7.67. The Hall–Kier alpha value is -3.43. The van der Waals surface area contributed by atoms with Gasteiger partial charge in [-0.3, -0.25) is 9.69 Å². The van der Waals surface area contributed by atoms with Crippen molar-refractivity contribution in [2.75, 3.05) is 26.2 Å². The van der Waals surface area contributed by atoms with E-state index in [2.05, 4.69) is 10.2 Å². The van der Waals surface area contributed by atoms with Crippen LogP contribution in [0.4, 0.5) is 4.79 Å². The van der Waals surface area contributed by atoms with Gasteiger partial charge in [-0.25, -0.2) is 9.59 Å². The number of hydrogen-bond acceptors (Lipinski definition) is 7. The van der Waals surface area contributed by atoms with Gasteiger partial charge < -0.3 is 25.4 Å². The predicted octanol–water partition coefficient (Wildman–Crippen LogP) is 6.48. The lowest BCUT2D eigenvalue weighted by atomic mass is 9.81. The first kappa shape index (κ1) is 35.9. The van der Waals surface area contributed by atoms with E-state index >= 15 is 0 Å². The minimum absolute atomic E-state index is 0.109. The van der Waals surface area contributed by atoms with E-state index in [1.165, 1.54) is 38.5 Å². The van der Waals surface area contributed by atoms with Crippen LogP contribution in [-0.2, 0) is 32.3 Å². The third-order valence-corrected chi connectivity index (χ3v) is 10.7. The first-order valence-electron chi connectivity index (χ1n) is 18.4. The van der Waals surface area contributed by atoms with Crippen molar-refractivity contribution in [3.8, 4) is 0 Å². The molecule has 2 aromatic rings. The van der Waals surface area contributed by atoms with Crippen molar-refractivity contribution in [1.29, 1.82) is 0 Å². The summed E-state index contributed by atoms with van der Waals surface area (Å²) in [6.45, 7) is 3.90. The zero-order chi connectivity index (χ0) is 33.7. The van der Waals surface area contributed by atoms with E-state index in [9.17, 15) is 14.4 Å². The molecule has 1 aliphatic heterocycles. The lowest BCUT2D eigenvalue weighted by molar-refractivity contribution is -0.154. The van der Waals surface area contributed by atoms with Gasteiger partial charge in [-0.1, -0.05) is 118 Å². The van der Waals surface area contributed by atoms with Gasteiger partial charge in [0.25, 0.3) is 0 Å². The molecule has 3 N–H and O–H groups in total. The Kier molecular flexibility index (Phi) is 13.3. The molecule has 0 unspecified atom stereocenters. The molecule has 9 nitrogen and oxygen atoms in total. The highest BCUT2D eigenvalue weighted by molar-refractivity contribution is 5.87. The van der Waals surface area contributed by atoms with Crippen LogP contribution in [0.1, 0.15) is 107 Å². The van der Waals surface area contributed by atoms with E-state index < -0.39 is 11.1 Å². The van der Waals surface area contributed by atoms with Gasteiger partial charge in [0.05, 0.1) is 0 Å². The van der Waals surface area contributed by atoms with Crippen LogP contribution in [0, 0.1) is 0 Å². The van der Waals surface area contributed by atoms with Crippen LogP contribution in [0.2, 0.25) is 0 Å². The van der Waals surface area contributed by atoms with E-state index in [1.54, 1.807) is 0 Å². The largest absolute Gasteiger partial charge is 0.459 e. The Labute approximate surface area is 286 Å². The molecule has 9 heteroatoms. The number of carbonyl (C=O) groups excluding carboxylic acids is 3. The topological polar surface area (TPSA) is 114 Å². The number of nitrogens with two attached hydrogens (primary N) is 1. The maximum absolute atomic E-state index is 13.1. The van der Waals surface area contributed by atoms with Crippen LogP contribution in [-0.4, -0.2) is 71.1 Å². The number of benzene rings is 2. The molecule has 2 aromatic carbocycles. The maximum atomic E-state index is 13.1. The molecule has 3 aliphatic carbocycles. The van der Waals surface area contributed by atoms with Gasteiger partial charge in [0.1, 0.15) is 24.3 Å². The number of ether oxygens (including phenoxy) is 2. The third-order valence-electron chi connectivity index (χ3n) is 10.7. The third kappa shape index (κ3) is 10.0. The standard InChI is InChI=1S/C25H37N3O3.C14H19NO2/c29-23(31-20-21-10-4-1-5-11-21)25(14-8-3-9-15-25)26-24(30)28-18-16-27(17-19-28)22-12-6-2-7-13-22;15-14(9-5-2-6-10-14)13(16)17-11-12-7-3-1-4-8-12/h1,4-5,10-11,22H,2-3,6-9,12-20H2,(H,26,30);1,3-4,7-8H,2,5-6,9-11,15H2. The first-order valence-corrected chi connectivity index (χ1v) is 18.4. The highest BCUT2D eigenvalue weighted by Crippen LogP contribution is 2.31. The molecule has 4 fully saturated rings. The summed E-state index contributed by atoms with van der Waals surface area (Å²) in [7, 11) is 0. The van der Waals surface area contributed by atoms with E-state index in [1.807, 2.05) is 65.6 Å². The second kappa shape index (κ2) is 17.8. The molecular formula is C39H56N4O5. The quantitative estimate of drug-likeness (QED) is 0.312. The molecular weight excluding hydrogens is 604 g/mol. The van der Waals surface area contributed by atoms with Gasteiger partial charge in [-0.15, -0.1) is 0 Å². The van der Waals surface area contributed by atoms with Crippen LogP contribution in [0.15, 0.2) is 60.7 Å². The summed E-state index contributed by atoms with van der Waals surface area (Å²) in [5.74, 6) is -0.536. The number of amides is 2. The SMILES string of the molecule is NC1(C(=O)OCc2ccccc2)CCCCC1.O=C(NC1(C(=O)OCc2ccccc2)CCCCC1)N1CCN(C2CCCCC2)CC1. The fraction of sp³-hybridized carbons (Fsp3) is 0.615. The number of nitrogens with one attached hydrogen (secondary N) is 1. The van der Waals surface area contributed by atoms with Crippen molar-refractivity contribution in [2.24, 2.45) is 5.73 Å². The number of esters is 2. The second-order valence-corrected chi connectivity index (χ2v) is 14.2. The van der Waals surface area contributed by atoms with Crippen molar-refractivity contribution < 1.29 is 23.9 Å². The molecule has 1 heterocycles. The minimum Gasteiger partial charge on any atom is -0.459 e. The fourth-order valence-corrected chi connectivity index (χ4v) is 7.67. The molecule has 2 amide bonds. The maximum Gasteiger partial charge on any atom is 0.332 e. The molecule has 1 saturated heterocycles. The molecule has 48 heavy (non-hydrogen) atoms. The van der Waals surface area contributed by atoms with Crippen molar-refractivity contribution in [2.45, 2.75) is 127 Å². The lowest BCUT2D eigenvalue weighted by Gasteiger charge is -2.42. The van der Waals surface area contributed by atoms with Crippen molar-refractivity contribution in [1.82, 2.24) is 15.1 Å². The van der Waals surface area contributed by atoms with Crippen molar-refractivity contribution >= 4 is 18.0 Å². The number of piperazine rings is 1. The van der Waals surface area contributed by atoms with Gasteiger partial charge in [-0.2, -0.15) is 0 Å². The summed E-state index contributed by atoms with van der Waals surface area (Å²) in [5.41, 5.74) is 6.43. The average molecular weight is 661 g/mol. The van der Waals surface area contributed by atoms with Gasteiger partial charge in [0, 0.05) is 32.2 Å². The highest BCUT2D eigenvalue weighted by atomic mass is 16.5. The van der Waals surface area contributed by atoms with Crippen LogP contribution < -0.4 is 11.1 Å². The van der Waals surface area contributed by atoms with E-state index in [-0.39, 0.29) is 24.6 Å². The van der Waals surface area contributed by atoms with Gasteiger partial charge in [0.2, 0.25) is 0 Å². The summed E-state index contributed by atoms with van der Waals surface area (Å²) >= 11 is 0. The molecule has 0 spiro atoms. The Bertz CT molecular complexity index is 1280. The highest BCUT2D eigenvalue weighted by Gasteiger charge is 2.43. The smallest absolute Gasteiger partial charge is 0.332 e. The van der Waals surface area contributed by atoms with Crippen LogP contribution in [0.25, 0.3) is 0 Å². The summed E-state index contributed by atoms with van der Waals surface area (Å²) in [5, 5.41) is 3.13. The number of rotatable bonds is 8. The summed E-state index contributed by atoms with van der Waals surface area (Å²) in [4.78, 5) is 42.6. The molecule has 6 rings (SSSR count). The normalized spacial score (nSPS) is 21.2. The number of urea groups is 1. The Morgan fingerprint density at radius 1 is 0.646 bits per heavy atom. The Morgan fingerprint density at radius 3 is 1.67 bits per heavy atom. The van der Waals surface area contributed by atoms with Crippen molar-refractivity contribution in [3.63, 3.8) is 0 Å². The zero-order valence-electron chi connectivity index (χ0n) is 28.7. The average Bonchev–Trinajstić information content (AvgIpc) is 3.15. The zero-order valence-corrected chi connectivity index (χ0v) is 28.7. The Morgan fingerprint density at radius 2 is 1.12 bits per heavy atom. The first-order chi connectivity index (χ1) is 23.4.